The minimum atomic E-state index is -0.408. The highest BCUT2D eigenvalue weighted by Crippen LogP contribution is 2.38. The third kappa shape index (κ3) is 2.88. The molecule has 0 saturated carbocycles. The Morgan fingerprint density at radius 3 is 2.84 bits per heavy atom. The van der Waals surface area contributed by atoms with Crippen molar-refractivity contribution in [1.82, 2.24) is 4.98 Å². The fourth-order valence-electron chi connectivity index (χ4n) is 2.61. The fourth-order valence-corrected chi connectivity index (χ4v) is 2.61. The summed E-state index contributed by atoms with van der Waals surface area (Å²) in [6.45, 7) is 3.95. The van der Waals surface area contributed by atoms with Crippen molar-refractivity contribution < 1.29 is 14.2 Å². The van der Waals surface area contributed by atoms with E-state index in [1.807, 2.05) is 19.1 Å². The molecule has 2 rings (SSSR count). The minimum absolute atomic E-state index is 0.313. The second-order valence-electron chi connectivity index (χ2n) is 4.68. The van der Waals surface area contributed by atoms with Crippen LogP contribution in [0.3, 0.4) is 0 Å². The van der Waals surface area contributed by atoms with Gasteiger partial charge in [-0.05, 0) is 19.1 Å². The molecule has 0 amide bonds. The maximum absolute atomic E-state index is 6.44. The van der Waals surface area contributed by atoms with Crippen molar-refractivity contribution in [2.24, 2.45) is 5.73 Å². The molecule has 0 spiro atoms. The first kappa shape index (κ1) is 14.2. The van der Waals surface area contributed by atoms with Gasteiger partial charge in [0.25, 0.3) is 0 Å². The van der Waals surface area contributed by atoms with Gasteiger partial charge in [0.1, 0.15) is 11.4 Å². The van der Waals surface area contributed by atoms with Gasteiger partial charge >= 0.3 is 0 Å². The Morgan fingerprint density at radius 2 is 2.21 bits per heavy atom. The maximum atomic E-state index is 6.44. The number of pyridine rings is 1. The van der Waals surface area contributed by atoms with Crippen LogP contribution in [0.4, 0.5) is 0 Å². The zero-order valence-electron chi connectivity index (χ0n) is 11.6. The van der Waals surface area contributed by atoms with Crippen molar-refractivity contribution >= 4 is 0 Å². The third-order valence-electron chi connectivity index (χ3n) is 3.65. The lowest BCUT2D eigenvalue weighted by Gasteiger charge is -2.41. The summed E-state index contributed by atoms with van der Waals surface area (Å²) in [5.41, 5.74) is 6.79. The van der Waals surface area contributed by atoms with Crippen molar-refractivity contribution in [3.8, 4) is 5.75 Å². The number of nitrogens with zero attached hydrogens (tertiary/aromatic N) is 1. The zero-order chi connectivity index (χ0) is 13.7. The monoisotopic (exact) mass is 266 g/mol. The molecule has 0 bridgehead atoms. The molecule has 1 aromatic rings. The van der Waals surface area contributed by atoms with Gasteiger partial charge in [-0.15, -0.1) is 0 Å². The molecule has 1 fully saturated rings. The number of rotatable bonds is 5. The van der Waals surface area contributed by atoms with Crippen LogP contribution in [0.5, 0.6) is 5.75 Å². The summed E-state index contributed by atoms with van der Waals surface area (Å²) in [5, 5.41) is 0. The Morgan fingerprint density at radius 1 is 1.47 bits per heavy atom. The summed E-state index contributed by atoms with van der Waals surface area (Å²) in [4.78, 5) is 4.38. The molecule has 2 N–H and O–H groups in total. The van der Waals surface area contributed by atoms with E-state index in [4.69, 9.17) is 19.9 Å². The molecule has 1 aliphatic rings. The third-order valence-corrected chi connectivity index (χ3v) is 3.65. The van der Waals surface area contributed by atoms with Crippen LogP contribution in [-0.2, 0) is 9.47 Å². The Kier molecular flexibility index (Phi) is 4.74. The van der Waals surface area contributed by atoms with Crippen molar-refractivity contribution in [3.63, 3.8) is 0 Å². The van der Waals surface area contributed by atoms with E-state index < -0.39 is 5.60 Å². The highest BCUT2D eigenvalue weighted by Gasteiger charge is 2.41. The molecule has 0 aromatic carbocycles. The first-order valence-corrected chi connectivity index (χ1v) is 6.69. The Labute approximate surface area is 114 Å². The molecule has 19 heavy (non-hydrogen) atoms. The van der Waals surface area contributed by atoms with Crippen LogP contribution in [0.15, 0.2) is 18.3 Å². The number of ether oxygens (including phenoxy) is 3. The predicted molar refractivity (Wildman–Crippen MR) is 72.1 cm³/mol. The summed E-state index contributed by atoms with van der Waals surface area (Å²) in [6.07, 6.45) is 3.29. The first-order valence-electron chi connectivity index (χ1n) is 6.69. The van der Waals surface area contributed by atoms with Crippen LogP contribution >= 0.6 is 0 Å². The number of hydrogen-bond acceptors (Lipinski definition) is 5. The van der Waals surface area contributed by atoms with Crippen LogP contribution in [0.2, 0.25) is 0 Å². The van der Waals surface area contributed by atoms with Gasteiger partial charge in [0.15, 0.2) is 0 Å². The molecule has 1 unspecified atom stereocenters. The number of nitrogens with two attached hydrogens (primary N) is 1. The highest BCUT2D eigenvalue weighted by molar-refractivity contribution is 5.31. The van der Waals surface area contributed by atoms with E-state index in [9.17, 15) is 0 Å². The van der Waals surface area contributed by atoms with Gasteiger partial charge in [0.05, 0.1) is 18.8 Å². The summed E-state index contributed by atoms with van der Waals surface area (Å²) in [7, 11) is 1.63. The van der Waals surface area contributed by atoms with E-state index in [1.165, 1.54) is 0 Å². The molecule has 2 heterocycles. The number of methoxy groups -OCH3 is 1. The molecule has 0 radical (unpaired) electrons. The molecule has 1 aromatic heterocycles. The number of hydrogen-bond donors (Lipinski definition) is 1. The van der Waals surface area contributed by atoms with Crippen LogP contribution in [-0.4, -0.2) is 37.5 Å². The fraction of sp³-hybridized carbons (Fsp3) is 0.643. The smallest absolute Gasteiger partial charge is 0.142 e. The topological polar surface area (TPSA) is 66.6 Å². The van der Waals surface area contributed by atoms with Crippen molar-refractivity contribution in [2.45, 2.75) is 31.4 Å². The highest BCUT2D eigenvalue weighted by atomic mass is 16.5. The molecule has 0 aliphatic carbocycles. The number of aromatic nitrogens is 1. The van der Waals surface area contributed by atoms with Gasteiger partial charge in [-0.1, -0.05) is 0 Å². The molecular formula is C14H22N2O3. The van der Waals surface area contributed by atoms with Gasteiger partial charge < -0.3 is 19.9 Å². The molecule has 106 valence electrons. The Balaban J connectivity index is 2.30. The van der Waals surface area contributed by atoms with Gasteiger partial charge in [-0.25, -0.2) is 0 Å². The average molecular weight is 266 g/mol. The summed E-state index contributed by atoms with van der Waals surface area (Å²) >= 11 is 0. The van der Waals surface area contributed by atoms with Gasteiger partial charge in [0, 0.05) is 38.9 Å². The van der Waals surface area contributed by atoms with Crippen LogP contribution in [0, 0.1) is 0 Å². The van der Waals surface area contributed by atoms with Crippen molar-refractivity contribution in [3.05, 3.63) is 24.0 Å². The molecule has 5 heteroatoms. The minimum Gasteiger partial charge on any atom is -0.495 e. The van der Waals surface area contributed by atoms with Crippen molar-refractivity contribution in [2.75, 3.05) is 26.9 Å². The lowest BCUT2D eigenvalue weighted by molar-refractivity contribution is -0.122. The Hall–Kier alpha value is -1.17. The zero-order valence-corrected chi connectivity index (χ0v) is 11.6. The van der Waals surface area contributed by atoms with E-state index in [-0.39, 0.29) is 6.04 Å². The second kappa shape index (κ2) is 6.32. The van der Waals surface area contributed by atoms with Crippen LogP contribution < -0.4 is 10.5 Å². The largest absolute Gasteiger partial charge is 0.495 e. The summed E-state index contributed by atoms with van der Waals surface area (Å²) in [6, 6.07) is 3.40. The maximum Gasteiger partial charge on any atom is 0.142 e. The van der Waals surface area contributed by atoms with Gasteiger partial charge in [-0.2, -0.15) is 0 Å². The average Bonchev–Trinajstić information content (AvgIpc) is 2.47. The molecule has 1 aliphatic heterocycles. The second-order valence-corrected chi connectivity index (χ2v) is 4.68. The van der Waals surface area contributed by atoms with E-state index >= 15 is 0 Å². The van der Waals surface area contributed by atoms with E-state index in [0.717, 1.165) is 18.5 Å². The van der Waals surface area contributed by atoms with E-state index in [2.05, 4.69) is 4.98 Å². The van der Waals surface area contributed by atoms with Gasteiger partial charge in [0.2, 0.25) is 0 Å². The quantitative estimate of drug-likeness (QED) is 0.878. The normalized spacial score (nSPS) is 19.9. The SMILES string of the molecule is CCOC1(C(N)c2ncccc2OC)CCOCC1. The first-order chi connectivity index (χ1) is 9.23. The summed E-state index contributed by atoms with van der Waals surface area (Å²) < 4.78 is 16.8. The predicted octanol–water partition coefficient (Wildman–Crippen LogP) is 1.68. The van der Waals surface area contributed by atoms with E-state index in [0.29, 0.717) is 25.6 Å². The van der Waals surface area contributed by atoms with Crippen LogP contribution in [0.25, 0.3) is 0 Å². The molecule has 1 saturated heterocycles. The van der Waals surface area contributed by atoms with E-state index in [1.54, 1.807) is 13.3 Å². The lowest BCUT2D eigenvalue weighted by Crippen LogP contribution is -2.48. The molecule has 1 atom stereocenters. The summed E-state index contributed by atoms with van der Waals surface area (Å²) in [5.74, 6) is 0.709. The Bertz CT molecular complexity index is 400. The standard InChI is InChI=1S/C14H22N2O3/c1-3-19-14(6-9-18-10-7-14)13(15)12-11(17-2)5-4-8-16-12/h4-5,8,13H,3,6-7,9-10,15H2,1-2H3. The molecular weight excluding hydrogens is 244 g/mol. The molecule has 5 nitrogen and oxygen atoms in total. The van der Waals surface area contributed by atoms with Crippen LogP contribution in [0.1, 0.15) is 31.5 Å². The van der Waals surface area contributed by atoms with Crippen molar-refractivity contribution in [1.29, 1.82) is 0 Å². The lowest BCUT2D eigenvalue weighted by atomic mass is 9.84. The van der Waals surface area contributed by atoms with Gasteiger partial charge in [-0.3, -0.25) is 4.98 Å².